The Bertz CT molecular complexity index is 472. The van der Waals surface area contributed by atoms with Crippen LogP contribution in [-0.4, -0.2) is 23.3 Å². The van der Waals surface area contributed by atoms with Gasteiger partial charge in [-0.3, -0.25) is 0 Å². The van der Waals surface area contributed by atoms with Gasteiger partial charge in [0, 0.05) is 25.2 Å². The average Bonchev–Trinajstić information content (AvgIpc) is 2.41. The Morgan fingerprint density at radius 3 is 2.35 bits per heavy atom. The second-order valence-electron chi connectivity index (χ2n) is 6.92. The summed E-state index contributed by atoms with van der Waals surface area (Å²) in [5, 5.41) is 8.70. The van der Waals surface area contributed by atoms with E-state index >= 15 is 0 Å². The van der Waals surface area contributed by atoms with E-state index in [9.17, 15) is 0 Å². The Morgan fingerprint density at radius 1 is 1.20 bits per heavy atom. The first-order chi connectivity index (χ1) is 9.35. The maximum absolute atomic E-state index is 5.94. The number of aromatic nitrogens is 2. The molecule has 2 N–H and O–H groups in total. The van der Waals surface area contributed by atoms with E-state index in [-0.39, 0.29) is 0 Å². The van der Waals surface area contributed by atoms with Gasteiger partial charge in [-0.1, -0.05) is 13.8 Å². The molecule has 1 aliphatic carbocycles. The van der Waals surface area contributed by atoms with Gasteiger partial charge in [0.25, 0.3) is 0 Å². The van der Waals surface area contributed by atoms with Crippen LogP contribution < -0.4 is 10.6 Å². The van der Waals surface area contributed by atoms with E-state index in [0.717, 1.165) is 17.1 Å². The van der Waals surface area contributed by atoms with Gasteiger partial charge < -0.3 is 10.6 Å². The van der Waals surface area contributed by atoms with E-state index in [4.69, 9.17) is 5.73 Å². The van der Waals surface area contributed by atoms with E-state index in [0.29, 0.717) is 18.0 Å². The molecule has 0 radical (unpaired) electrons. The van der Waals surface area contributed by atoms with Crippen molar-refractivity contribution >= 4 is 5.82 Å². The van der Waals surface area contributed by atoms with Gasteiger partial charge >= 0.3 is 0 Å². The summed E-state index contributed by atoms with van der Waals surface area (Å²) in [5.41, 5.74) is 9.73. The van der Waals surface area contributed by atoms with Crippen molar-refractivity contribution in [3.05, 3.63) is 16.8 Å². The third-order valence-corrected chi connectivity index (χ3v) is 4.95. The Morgan fingerprint density at radius 2 is 1.80 bits per heavy atom. The lowest BCUT2D eigenvalue weighted by molar-refractivity contribution is 0.222. The summed E-state index contributed by atoms with van der Waals surface area (Å²) in [5.74, 6) is 0.973. The average molecular weight is 276 g/mol. The summed E-state index contributed by atoms with van der Waals surface area (Å²) < 4.78 is 0. The van der Waals surface area contributed by atoms with Crippen molar-refractivity contribution in [2.75, 3.05) is 11.9 Å². The maximum Gasteiger partial charge on any atom is 0.156 e. The Hall–Kier alpha value is -1.16. The predicted molar refractivity (Wildman–Crippen MR) is 83.8 cm³/mol. The number of aryl methyl sites for hydroxylation is 1. The first-order valence-electron chi connectivity index (χ1n) is 7.61. The number of hydrogen-bond donors (Lipinski definition) is 1. The van der Waals surface area contributed by atoms with E-state index in [1.807, 2.05) is 6.92 Å². The van der Waals surface area contributed by atoms with Crippen LogP contribution >= 0.6 is 0 Å². The molecule has 0 amide bonds. The minimum Gasteiger partial charge on any atom is -0.355 e. The van der Waals surface area contributed by atoms with E-state index < -0.39 is 0 Å². The van der Waals surface area contributed by atoms with Gasteiger partial charge in [-0.15, -0.1) is 5.10 Å². The lowest BCUT2D eigenvalue weighted by Gasteiger charge is -2.39. The van der Waals surface area contributed by atoms with Crippen molar-refractivity contribution < 1.29 is 0 Å². The van der Waals surface area contributed by atoms with Crippen molar-refractivity contribution in [1.82, 2.24) is 10.2 Å². The normalized spacial score (nSPS) is 19.1. The van der Waals surface area contributed by atoms with Crippen LogP contribution in [0.3, 0.4) is 0 Å². The molecule has 2 rings (SSSR count). The molecule has 1 fully saturated rings. The monoisotopic (exact) mass is 276 g/mol. The summed E-state index contributed by atoms with van der Waals surface area (Å²) in [6, 6.07) is 0.560. The largest absolute Gasteiger partial charge is 0.355 e. The molecule has 0 unspecified atom stereocenters. The molecule has 1 saturated carbocycles. The van der Waals surface area contributed by atoms with Crippen LogP contribution in [0.25, 0.3) is 0 Å². The van der Waals surface area contributed by atoms with Crippen LogP contribution in [0.1, 0.15) is 56.4 Å². The fourth-order valence-corrected chi connectivity index (χ4v) is 3.12. The summed E-state index contributed by atoms with van der Waals surface area (Å²) in [7, 11) is 2.14. The molecule has 1 aliphatic rings. The van der Waals surface area contributed by atoms with Crippen LogP contribution in [-0.2, 0) is 6.54 Å². The van der Waals surface area contributed by atoms with Crippen LogP contribution in [0, 0.1) is 19.3 Å². The van der Waals surface area contributed by atoms with Crippen molar-refractivity contribution in [1.29, 1.82) is 0 Å². The smallest absolute Gasteiger partial charge is 0.156 e. The highest BCUT2D eigenvalue weighted by Gasteiger charge is 2.30. The van der Waals surface area contributed by atoms with Crippen molar-refractivity contribution in [2.45, 2.75) is 66.0 Å². The zero-order valence-electron chi connectivity index (χ0n) is 13.5. The van der Waals surface area contributed by atoms with Crippen LogP contribution in [0.15, 0.2) is 0 Å². The molecule has 0 bridgehead atoms. The Labute approximate surface area is 122 Å². The van der Waals surface area contributed by atoms with E-state index in [1.54, 1.807) is 0 Å². The molecule has 0 saturated heterocycles. The molecule has 1 aromatic rings. The topological polar surface area (TPSA) is 55.0 Å². The fraction of sp³-hybridized carbons (Fsp3) is 0.750. The summed E-state index contributed by atoms with van der Waals surface area (Å²) in [6.07, 6.45) is 5.00. The van der Waals surface area contributed by atoms with Crippen molar-refractivity contribution in [3.63, 3.8) is 0 Å². The lowest BCUT2D eigenvalue weighted by Crippen LogP contribution is -2.38. The molecular formula is C16H28N4. The number of anilines is 1. The van der Waals surface area contributed by atoms with Crippen LogP contribution in [0.2, 0.25) is 0 Å². The molecule has 1 aromatic heterocycles. The minimum absolute atomic E-state index is 0.489. The van der Waals surface area contributed by atoms with Crippen LogP contribution in [0.5, 0.6) is 0 Å². The SMILES string of the molecule is Cc1nnc(N(C)C2CCC(C)(C)CC2)c(CN)c1C. The molecular weight excluding hydrogens is 248 g/mol. The van der Waals surface area contributed by atoms with Gasteiger partial charge in [0.2, 0.25) is 0 Å². The van der Waals surface area contributed by atoms with E-state index in [2.05, 4.69) is 42.9 Å². The summed E-state index contributed by atoms with van der Waals surface area (Å²) in [6.45, 7) is 9.34. The molecule has 0 spiro atoms. The second kappa shape index (κ2) is 5.68. The highest BCUT2D eigenvalue weighted by molar-refractivity contribution is 5.50. The quantitative estimate of drug-likeness (QED) is 0.922. The van der Waals surface area contributed by atoms with Gasteiger partial charge in [0.15, 0.2) is 5.82 Å². The van der Waals surface area contributed by atoms with E-state index in [1.165, 1.54) is 31.2 Å². The molecule has 4 nitrogen and oxygen atoms in total. The van der Waals surface area contributed by atoms with Crippen molar-refractivity contribution in [3.8, 4) is 0 Å². The highest BCUT2D eigenvalue weighted by Crippen LogP contribution is 2.38. The first kappa shape index (κ1) is 15.2. The molecule has 4 heteroatoms. The molecule has 0 aromatic carbocycles. The summed E-state index contributed by atoms with van der Waals surface area (Å²) >= 11 is 0. The molecule has 20 heavy (non-hydrogen) atoms. The maximum atomic E-state index is 5.94. The molecule has 0 aliphatic heterocycles. The Kier molecular flexibility index (Phi) is 4.33. The number of nitrogens with zero attached hydrogens (tertiary/aromatic N) is 3. The Balaban J connectivity index is 2.22. The summed E-state index contributed by atoms with van der Waals surface area (Å²) in [4.78, 5) is 2.30. The van der Waals surface area contributed by atoms with Crippen LogP contribution in [0.4, 0.5) is 5.82 Å². The molecule has 112 valence electrons. The molecule has 1 heterocycles. The van der Waals surface area contributed by atoms with Gasteiger partial charge in [0.1, 0.15) is 0 Å². The number of rotatable bonds is 3. The third-order valence-electron chi connectivity index (χ3n) is 4.95. The minimum atomic E-state index is 0.489. The lowest BCUT2D eigenvalue weighted by atomic mass is 9.75. The van der Waals surface area contributed by atoms with Gasteiger partial charge in [-0.2, -0.15) is 5.10 Å². The van der Waals surface area contributed by atoms with Gasteiger partial charge in [0.05, 0.1) is 5.69 Å². The second-order valence-corrected chi connectivity index (χ2v) is 6.92. The predicted octanol–water partition coefficient (Wildman–Crippen LogP) is 2.96. The zero-order chi connectivity index (χ0) is 14.9. The third kappa shape index (κ3) is 2.95. The van der Waals surface area contributed by atoms with Crippen molar-refractivity contribution in [2.24, 2.45) is 11.1 Å². The van der Waals surface area contributed by atoms with Gasteiger partial charge in [-0.05, 0) is 50.5 Å². The standard InChI is InChI=1S/C16H28N4/c1-11-12(2)18-19-15(14(11)10-17)20(5)13-6-8-16(3,4)9-7-13/h13H,6-10,17H2,1-5H3. The zero-order valence-corrected chi connectivity index (χ0v) is 13.5. The number of nitrogens with two attached hydrogens (primary N) is 1. The molecule has 0 atom stereocenters. The number of hydrogen-bond acceptors (Lipinski definition) is 4. The fourth-order valence-electron chi connectivity index (χ4n) is 3.12. The highest BCUT2D eigenvalue weighted by atomic mass is 15.3. The first-order valence-corrected chi connectivity index (χ1v) is 7.61. The van der Waals surface area contributed by atoms with Gasteiger partial charge in [-0.25, -0.2) is 0 Å².